The number of methoxy groups -OCH3 is 2. The number of hydrogen-bond acceptors (Lipinski definition) is 3. The van der Waals surface area contributed by atoms with E-state index in [1.54, 1.807) is 19.2 Å². The van der Waals surface area contributed by atoms with Gasteiger partial charge >= 0.3 is 0 Å². The number of amides is 1. The van der Waals surface area contributed by atoms with Crippen LogP contribution in [0.4, 0.5) is 0 Å². The highest BCUT2D eigenvalue weighted by Crippen LogP contribution is 2.59. The molecule has 4 fully saturated rings. The van der Waals surface area contributed by atoms with Gasteiger partial charge in [0.25, 0.3) is 5.91 Å². The third-order valence-electron chi connectivity index (χ3n) is 6.48. The van der Waals surface area contributed by atoms with E-state index in [1.807, 2.05) is 0 Å². The van der Waals surface area contributed by atoms with E-state index in [9.17, 15) is 4.79 Å². The number of ether oxygens (including phenoxy) is 2. The molecule has 4 aliphatic carbocycles. The molecule has 0 aliphatic heterocycles. The number of benzene rings is 1. The number of carbonyl (C=O) groups excluding carboxylic acids is 1. The summed E-state index contributed by atoms with van der Waals surface area (Å²) in [7, 11) is 3.09. The first kappa shape index (κ1) is 17.0. The molecule has 1 N–H and O–H groups in total. The van der Waals surface area contributed by atoms with Crippen molar-refractivity contribution in [3.05, 3.63) is 22.7 Å². The Labute approximate surface area is 154 Å². The summed E-state index contributed by atoms with van der Waals surface area (Å²) in [5.41, 5.74) is 0.845. The Kier molecular flexibility index (Phi) is 4.35. The van der Waals surface area contributed by atoms with Crippen molar-refractivity contribution >= 4 is 17.5 Å². The van der Waals surface area contributed by atoms with E-state index >= 15 is 0 Å². The van der Waals surface area contributed by atoms with Gasteiger partial charge in [-0.1, -0.05) is 11.6 Å². The number of hydrogen-bond donors (Lipinski definition) is 1. The monoisotopic (exact) mass is 363 g/mol. The van der Waals surface area contributed by atoms with Crippen molar-refractivity contribution in [1.29, 1.82) is 0 Å². The van der Waals surface area contributed by atoms with Crippen LogP contribution in [0.25, 0.3) is 0 Å². The molecule has 5 heteroatoms. The Bertz CT molecular complexity index is 652. The average Bonchev–Trinajstić information content (AvgIpc) is 2.57. The fourth-order valence-corrected chi connectivity index (χ4v) is 6.21. The Morgan fingerprint density at radius 1 is 1.12 bits per heavy atom. The van der Waals surface area contributed by atoms with Crippen LogP contribution in [0.1, 0.15) is 48.9 Å². The minimum absolute atomic E-state index is 0.0846. The van der Waals surface area contributed by atoms with Gasteiger partial charge in [0.05, 0.1) is 19.2 Å². The van der Waals surface area contributed by atoms with Gasteiger partial charge in [0.1, 0.15) is 0 Å². The summed E-state index contributed by atoms with van der Waals surface area (Å²) >= 11 is 6.23. The number of rotatable bonds is 5. The average molecular weight is 364 g/mol. The molecule has 1 amide bonds. The van der Waals surface area contributed by atoms with Gasteiger partial charge in [-0.15, -0.1) is 0 Å². The van der Waals surface area contributed by atoms with Gasteiger partial charge in [-0.3, -0.25) is 4.79 Å². The molecule has 4 nitrogen and oxygen atoms in total. The lowest BCUT2D eigenvalue weighted by molar-refractivity contribution is -0.0503. The summed E-state index contributed by atoms with van der Waals surface area (Å²) in [5.74, 6) is 3.52. The molecule has 4 bridgehead atoms. The zero-order valence-corrected chi connectivity index (χ0v) is 15.7. The van der Waals surface area contributed by atoms with Crippen LogP contribution in [-0.2, 0) is 0 Å². The molecule has 4 aliphatic rings. The van der Waals surface area contributed by atoms with Crippen LogP contribution in [-0.4, -0.2) is 26.7 Å². The SMILES string of the molecule is COc1cc(C(=O)NCC23CC4CC(CC(C4)C2)C3)cc(Cl)c1OC. The molecule has 25 heavy (non-hydrogen) atoms. The van der Waals surface area contributed by atoms with Gasteiger partial charge < -0.3 is 14.8 Å². The topological polar surface area (TPSA) is 47.6 Å². The first-order valence-corrected chi connectivity index (χ1v) is 9.59. The van der Waals surface area contributed by atoms with Gasteiger partial charge in [0, 0.05) is 12.1 Å². The van der Waals surface area contributed by atoms with Crippen molar-refractivity contribution in [3.8, 4) is 11.5 Å². The smallest absolute Gasteiger partial charge is 0.251 e. The highest BCUT2D eigenvalue weighted by Gasteiger charge is 2.50. The maximum atomic E-state index is 12.7. The van der Waals surface area contributed by atoms with Gasteiger partial charge in [-0.2, -0.15) is 0 Å². The van der Waals surface area contributed by atoms with Crippen molar-refractivity contribution < 1.29 is 14.3 Å². The molecular weight excluding hydrogens is 338 g/mol. The van der Waals surface area contributed by atoms with E-state index in [0.29, 0.717) is 27.5 Å². The molecule has 4 saturated carbocycles. The minimum Gasteiger partial charge on any atom is -0.493 e. The third kappa shape index (κ3) is 3.10. The summed E-state index contributed by atoms with van der Waals surface area (Å²) < 4.78 is 10.5. The normalized spacial score (nSPS) is 32.5. The lowest BCUT2D eigenvalue weighted by Gasteiger charge is -2.56. The molecule has 0 unspecified atom stereocenters. The molecular formula is C20H26ClNO3. The maximum absolute atomic E-state index is 12.7. The highest BCUT2D eigenvalue weighted by molar-refractivity contribution is 6.32. The number of carbonyl (C=O) groups is 1. The molecule has 0 spiro atoms. The van der Waals surface area contributed by atoms with Gasteiger partial charge in [0.15, 0.2) is 11.5 Å². The van der Waals surface area contributed by atoms with E-state index in [-0.39, 0.29) is 5.91 Å². The van der Waals surface area contributed by atoms with E-state index in [1.165, 1.54) is 45.6 Å². The van der Waals surface area contributed by atoms with Crippen molar-refractivity contribution in [1.82, 2.24) is 5.32 Å². The molecule has 136 valence electrons. The second-order valence-corrected chi connectivity index (χ2v) is 8.70. The Hall–Kier alpha value is -1.42. The van der Waals surface area contributed by atoms with Crippen LogP contribution in [0.2, 0.25) is 5.02 Å². The molecule has 0 heterocycles. The molecule has 5 rings (SSSR count). The molecule has 0 saturated heterocycles. The third-order valence-corrected chi connectivity index (χ3v) is 6.77. The fraction of sp³-hybridized carbons (Fsp3) is 0.650. The second kappa shape index (κ2) is 6.39. The number of halogens is 1. The fourth-order valence-electron chi connectivity index (χ4n) is 5.93. The lowest BCUT2D eigenvalue weighted by Crippen LogP contribution is -2.51. The predicted octanol–water partition coefficient (Wildman–Crippen LogP) is 4.30. The molecule has 0 radical (unpaired) electrons. The van der Waals surface area contributed by atoms with E-state index in [4.69, 9.17) is 21.1 Å². The van der Waals surface area contributed by atoms with Gasteiger partial charge in [0.2, 0.25) is 0 Å². The minimum atomic E-state index is -0.0846. The van der Waals surface area contributed by atoms with Crippen molar-refractivity contribution in [2.24, 2.45) is 23.2 Å². The van der Waals surface area contributed by atoms with Crippen LogP contribution in [0, 0.1) is 23.2 Å². The van der Waals surface area contributed by atoms with Crippen LogP contribution in [0.5, 0.6) is 11.5 Å². The summed E-state index contributed by atoms with van der Waals surface area (Å²) in [5, 5.41) is 3.57. The van der Waals surface area contributed by atoms with Gasteiger partial charge in [-0.25, -0.2) is 0 Å². The quantitative estimate of drug-likeness (QED) is 0.848. The van der Waals surface area contributed by atoms with Crippen molar-refractivity contribution in [2.75, 3.05) is 20.8 Å². The van der Waals surface area contributed by atoms with E-state index in [2.05, 4.69) is 5.32 Å². The molecule has 0 aromatic heterocycles. The Morgan fingerprint density at radius 2 is 1.72 bits per heavy atom. The Morgan fingerprint density at radius 3 is 2.24 bits per heavy atom. The van der Waals surface area contributed by atoms with E-state index < -0.39 is 0 Å². The summed E-state index contributed by atoms with van der Waals surface area (Å²) in [6.07, 6.45) is 8.10. The lowest BCUT2D eigenvalue weighted by atomic mass is 9.49. The van der Waals surface area contributed by atoms with Crippen LogP contribution >= 0.6 is 11.6 Å². The molecule has 1 aromatic carbocycles. The maximum Gasteiger partial charge on any atom is 0.251 e. The molecule has 1 aromatic rings. The Balaban J connectivity index is 1.47. The standard InChI is InChI=1S/C20H26ClNO3/c1-24-17-7-15(6-16(21)18(17)25-2)19(23)22-11-20-8-12-3-13(9-20)5-14(4-12)10-20/h6-7,12-14H,3-5,8-11H2,1-2H3,(H,22,23). The molecule has 0 atom stereocenters. The van der Waals surface area contributed by atoms with Crippen molar-refractivity contribution in [3.63, 3.8) is 0 Å². The van der Waals surface area contributed by atoms with Crippen LogP contribution in [0.3, 0.4) is 0 Å². The zero-order valence-electron chi connectivity index (χ0n) is 14.9. The summed E-state index contributed by atoms with van der Waals surface area (Å²) in [4.78, 5) is 12.7. The van der Waals surface area contributed by atoms with Crippen LogP contribution in [0.15, 0.2) is 12.1 Å². The second-order valence-electron chi connectivity index (χ2n) is 8.29. The van der Waals surface area contributed by atoms with Crippen LogP contribution < -0.4 is 14.8 Å². The first-order chi connectivity index (χ1) is 12.0. The predicted molar refractivity (Wildman–Crippen MR) is 97.5 cm³/mol. The zero-order chi connectivity index (χ0) is 17.6. The summed E-state index contributed by atoms with van der Waals surface area (Å²) in [6, 6.07) is 3.34. The van der Waals surface area contributed by atoms with E-state index in [0.717, 1.165) is 24.3 Å². The summed E-state index contributed by atoms with van der Waals surface area (Å²) in [6.45, 7) is 0.779. The number of nitrogens with one attached hydrogen (secondary N) is 1. The highest BCUT2D eigenvalue weighted by atomic mass is 35.5. The van der Waals surface area contributed by atoms with Crippen molar-refractivity contribution in [2.45, 2.75) is 38.5 Å². The first-order valence-electron chi connectivity index (χ1n) is 9.21. The van der Waals surface area contributed by atoms with Gasteiger partial charge in [-0.05, 0) is 73.8 Å². The largest absolute Gasteiger partial charge is 0.493 e.